The van der Waals surface area contributed by atoms with E-state index in [4.69, 9.17) is 5.11 Å². The zero-order chi connectivity index (χ0) is 11.5. The number of hydrogen-bond acceptors (Lipinski definition) is 3. The molecule has 90 valence electrons. The van der Waals surface area contributed by atoms with Crippen LogP contribution in [0, 0.1) is 0 Å². The van der Waals surface area contributed by atoms with E-state index in [9.17, 15) is 9.59 Å². The van der Waals surface area contributed by atoms with E-state index in [0.717, 1.165) is 32.5 Å². The molecular weight excluding hydrogens is 210 g/mol. The van der Waals surface area contributed by atoms with Crippen LogP contribution >= 0.6 is 0 Å². The standard InChI is InChI=1S/C10H17N3O3/c14-9(15)3-1-2-4-13-5-7-8(6-13)12-10(16)11-7/h7-8H,1-6H2,(H,14,15)(H2,11,12,16). The molecule has 6 heteroatoms. The van der Waals surface area contributed by atoms with Gasteiger partial charge in [-0.15, -0.1) is 0 Å². The molecule has 0 saturated carbocycles. The van der Waals surface area contributed by atoms with Crippen LogP contribution in [-0.2, 0) is 4.79 Å². The summed E-state index contributed by atoms with van der Waals surface area (Å²) in [5.74, 6) is -0.729. The van der Waals surface area contributed by atoms with Crippen LogP contribution in [-0.4, -0.2) is 53.7 Å². The number of fused-ring (bicyclic) bond motifs is 1. The molecule has 2 fully saturated rings. The Hall–Kier alpha value is -1.30. The van der Waals surface area contributed by atoms with Gasteiger partial charge in [0.25, 0.3) is 0 Å². The minimum atomic E-state index is -0.729. The molecule has 2 amide bonds. The number of hydrogen-bond donors (Lipinski definition) is 3. The molecule has 0 aromatic heterocycles. The lowest BCUT2D eigenvalue weighted by molar-refractivity contribution is -0.137. The summed E-state index contributed by atoms with van der Waals surface area (Å²) >= 11 is 0. The van der Waals surface area contributed by atoms with Crippen LogP contribution < -0.4 is 10.6 Å². The second-order valence-corrected chi connectivity index (χ2v) is 4.44. The molecule has 0 aliphatic carbocycles. The number of nitrogens with one attached hydrogen (secondary N) is 2. The van der Waals surface area contributed by atoms with Crippen LogP contribution in [0.15, 0.2) is 0 Å². The van der Waals surface area contributed by atoms with E-state index in [1.807, 2.05) is 0 Å². The third kappa shape index (κ3) is 2.63. The van der Waals surface area contributed by atoms with Crippen LogP contribution in [0.25, 0.3) is 0 Å². The number of carboxylic acids is 1. The monoisotopic (exact) mass is 227 g/mol. The number of unbranched alkanes of at least 4 members (excludes halogenated alkanes) is 1. The number of likely N-dealkylation sites (tertiary alicyclic amines) is 1. The number of nitrogens with zero attached hydrogens (tertiary/aromatic N) is 1. The summed E-state index contributed by atoms with van der Waals surface area (Å²) in [6, 6.07) is 0.388. The van der Waals surface area contributed by atoms with Crippen molar-refractivity contribution in [2.24, 2.45) is 0 Å². The number of amides is 2. The number of aliphatic carboxylic acids is 1. The van der Waals surface area contributed by atoms with Crippen LogP contribution in [0.2, 0.25) is 0 Å². The van der Waals surface area contributed by atoms with E-state index in [1.54, 1.807) is 0 Å². The Morgan fingerprint density at radius 2 is 1.94 bits per heavy atom. The maximum Gasteiger partial charge on any atom is 0.315 e. The number of carbonyl (C=O) groups is 2. The Morgan fingerprint density at radius 3 is 2.50 bits per heavy atom. The highest BCUT2D eigenvalue weighted by atomic mass is 16.4. The molecule has 2 heterocycles. The van der Waals surface area contributed by atoms with Crippen molar-refractivity contribution in [3.63, 3.8) is 0 Å². The number of carboxylic acid groups (broad SMARTS) is 1. The first-order chi connectivity index (χ1) is 7.65. The third-order valence-electron chi connectivity index (χ3n) is 3.14. The van der Waals surface area contributed by atoms with Crippen LogP contribution in [0.4, 0.5) is 4.79 Å². The average Bonchev–Trinajstić information content (AvgIpc) is 2.68. The highest BCUT2D eigenvalue weighted by Gasteiger charge is 2.38. The molecule has 2 saturated heterocycles. The number of urea groups is 1. The minimum absolute atomic E-state index is 0.0690. The molecule has 6 nitrogen and oxygen atoms in total. The predicted molar refractivity (Wildman–Crippen MR) is 57.2 cm³/mol. The summed E-state index contributed by atoms with van der Waals surface area (Å²) in [5, 5.41) is 14.2. The van der Waals surface area contributed by atoms with Gasteiger partial charge in [0.15, 0.2) is 0 Å². The molecule has 0 bridgehead atoms. The minimum Gasteiger partial charge on any atom is -0.481 e. The molecule has 2 unspecified atom stereocenters. The second kappa shape index (κ2) is 4.69. The van der Waals surface area contributed by atoms with Gasteiger partial charge >= 0.3 is 12.0 Å². The van der Waals surface area contributed by atoms with Crippen LogP contribution in [0.3, 0.4) is 0 Å². The Balaban J connectivity index is 1.63. The van der Waals surface area contributed by atoms with E-state index < -0.39 is 5.97 Å². The quantitative estimate of drug-likeness (QED) is 0.558. The highest BCUT2D eigenvalue weighted by Crippen LogP contribution is 2.14. The summed E-state index contributed by atoms with van der Waals surface area (Å²) in [6.45, 7) is 2.66. The van der Waals surface area contributed by atoms with Gasteiger partial charge in [0.05, 0.1) is 12.1 Å². The van der Waals surface area contributed by atoms with E-state index in [-0.39, 0.29) is 24.5 Å². The Bertz CT molecular complexity index is 279. The fourth-order valence-corrected chi connectivity index (χ4v) is 2.35. The van der Waals surface area contributed by atoms with E-state index in [1.165, 1.54) is 0 Å². The second-order valence-electron chi connectivity index (χ2n) is 4.44. The predicted octanol–water partition coefficient (Wildman–Crippen LogP) is -0.393. The summed E-state index contributed by atoms with van der Waals surface area (Å²) in [6.07, 6.45) is 1.87. The number of rotatable bonds is 5. The van der Waals surface area contributed by atoms with Gasteiger partial charge in [-0.2, -0.15) is 0 Å². The van der Waals surface area contributed by atoms with Gasteiger partial charge in [-0.3, -0.25) is 9.69 Å². The van der Waals surface area contributed by atoms with Crippen molar-refractivity contribution in [2.45, 2.75) is 31.3 Å². The lowest BCUT2D eigenvalue weighted by Gasteiger charge is -2.15. The SMILES string of the molecule is O=C(O)CCCCN1CC2NC(=O)NC2C1. The van der Waals surface area contributed by atoms with Crippen molar-refractivity contribution in [2.75, 3.05) is 19.6 Å². The van der Waals surface area contributed by atoms with Gasteiger partial charge in [0.1, 0.15) is 0 Å². The molecule has 0 aromatic carbocycles. The van der Waals surface area contributed by atoms with Crippen molar-refractivity contribution in [1.82, 2.24) is 15.5 Å². The first-order valence-electron chi connectivity index (χ1n) is 5.66. The van der Waals surface area contributed by atoms with Crippen molar-refractivity contribution in [3.05, 3.63) is 0 Å². The van der Waals surface area contributed by atoms with Crippen molar-refractivity contribution in [1.29, 1.82) is 0 Å². The molecule has 0 aromatic rings. The largest absolute Gasteiger partial charge is 0.481 e. The topological polar surface area (TPSA) is 81.7 Å². The fourth-order valence-electron chi connectivity index (χ4n) is 2.35. The van der Waals surface area contributed by atoms with Gasteiger partial charge in [-0.25, -0.2) is 4.79 Å². The molecule has 2 atom stereocenters. The van der Waals surface area contributed by atoms with Crippen molar-refractivity contribution >= 4 is 12.0 Å². The lowest BCUT2D eigenvalue weighted by Crippen LogP contribution is -2.34. The fraction of sp³-hybridized carbons (Fsp3) is 0.800. The van der Waals surface area contributed by atoms with Crippen molar-refractivity contribution < 1.29 is 14.7 Å². The van der Waals surface area contributed by atoms with E-state index in [2.05, 4.69) is 15.5 Å². The maximum atomic E-state index is 11.0. The van der Waals surface area contributed by atoms with E-state index in [0.29, 0.717) is 0 Å². The first-order valence-corrected chi connectivity index (χ1v) is 5.66. The van der Waals surface area contributed by atoms with Crippen LogP contribution in [0.1, 0.15) is 19.3 Å². The molecular formula is C10H17N3O3. The van der Waals surface area contributed by atoms with Crippen molar-refractivity contribution in [3.8, 4) is 0 Å². The molecule has 2 aliphatic heterocycles. The normalized spacial score (nSPS) is 28.6. The van der Waals surface area contributed by atoms with Gasteiger partial charge < -0.3 is 15.7 Å². The Kier molecular flexibility index (Phi) is 3.28. The molecule has 3 N–H and O–H groups in total. The van der Waals surface area contributed by atoms with E-state index >= 15 is 0 Å². The Morgan fingerprint density at radius 1 is 1.31 bits per heavy atom. The summed E-state index contributed by atoms with van der Waals surface area (Å²) in [4.78, 5) is 23.6. The summed E-state index contributed by atoms with van der Waals surface area (Å²) in [5.41, 5.74) is 0. The molecule has 0 radical (unpaired) electrons. The lowest BCUT2D eigenvalue weighted by atomic mass is 10.2. The molecule has 2 rings (SSSR count). The Labute approximate surface area is 94.0 Å². The highest BCUT2D eigenvalue weighted by molar-refractivity contribution is 5.77. The first kappa shape index (κ1) is 11.2. The zero-order valence-electron chi connectivity index (χ0n) is 9.11. The average molecular weight is 227 g/mol. The van der Waals surface area contributed by atoms with Crippen LogP contribution in [0.5, 0.6) is 0 Å². The molecule has 0 spiro atoms. The third-order valence-corrected chi connectivity index (χ3v) is 3.14. The molecule has 16 heavy (non-hydrogen) atoms. The summed E-state index contributed by atoms with van der Waals surface area (Å²) < 4.78 is 0. The maximum absolute atomic E-state index is 11.0. The van der Waals surface area contributed by atoms with Gasteiger partial charge in [0, 0.05) is 19.5 Å². The van der Waals surface area contributed by atoms with Gasteiger partial charge in [0.2, 0.25) is 0 Å². The number of carbonyl (C=O) groups excluding carboxylic acids is 1. The molecule has 2 aliphatic rings. The van der Waals surface area contributed by atoms with Gasteiger partial charge in [-0.05, 0) is 19.4 Å². The smallest absolute Gasteiger partial charge is 0.315 e. The van der Waals surface area contributed by atoms with Gasteiger partial charge in [-0.1, -0.05) is 0 Å². The zero-order valence-corrected chi connectivity index (χ0v) is 9.11. The summed E-state index contributed by atoms with van der Waals surface area (Å²) in [7, 11) is 0.